The molecule has 0 unspecified atom stereocenters. The predicted molar refractivity (Wildman–Crippen MR) is 81.6 cm³/mol. The summed E-state index contributed by atoms with van der Waals surface area (Å²) in [4.78, 5) is 10.7. The van der Waals surface area contributed by atoms with Crippen molar-refractivity contribution in [2.24, 2.45) is 0 Å². The van der Waals surface area contributed by atoms with E-state index < -0.39 is 16.0 Å². The Morgan fingerprint density at radius 3 is 2.10 bits per heavy atom. The number of carboxylic acid groups (broad SMARTS) is 1. The first-order valence-electron chi connectivity index (χ1n) is 6.44. The SMILES string of the molecule is C=CCN(CC=C)S(=O)(=O)c1ccc(CCC(=O)O)cc1. The monoisotopic (exact) mass is 309 g/mol. The van der Waals surface area contributed by atoms with Crippen molar-refractivity contribution in [3.8, 4) is 0 Å². The molecule has 0 saturated heterocycles. The molecule has 0 spiro atoms. The largest absolute Gasteiger partial charge is 0.481 e. The first kappa shape index (κ1) is 17.1. The number of carbonyl (C=O) groups is 1. The second-order valence-corrected chi connectivity index (χ2v) is 6.37. The molecule has 0 aliphatic heterocycles. The van der Waals surface area contributed by atoms with Crippen LogP contribution in [0.3, 0.4) is 0 Å². The highest BCUT2D eigenvalue weighted by molar-refractivity contribution is 7.89. The van der Waals surface area contributed by atoms with Gasteiger partial charge in [-0.25, -0.2) is 8.42 Å². The quantitative estimate of drug-likeness (QED) is 0.709. The Kier molecular flexibility index (Phi) is 6.33. The molecule has 0 aromatic heterocycles. The van der Waals surface area contributed by atoms with Crippen molar-refractivity contribution in [1.29, 1.82) is 0 Å². The number of sulfonamides is 1. The summed E-state index contributed by atoms with van der Waals surface area (Å²) in [6.07, 6.45) is 3.42. The van der Waals surface area contributed by atoms with Gasteiger partial charge in [-0.2, -0.15) is 4.31 Å². The van der Waals surface area contributed by atoms with Gasteiger partial charge in [-0.15, -0.1) is 13.2 Å². The summed E-state index contributed by atoms with van der Waals surface area (Å²) >= 11 is 0. The van der Waals surface area contributed by atoms with Crippen LogP contribution in [0.5, 0.6) is 0 Å². The first-order chi connectivity index (χ1) is 9.91. The molecule has 21 heavy (non-hydrogen) atoms. The summed E-state index contributed by atoms with van der Waals surface area (Å²) in [5, 5.41) is 8.63. The number of aryl methyl sites for hydroxylation is 1. The zero-order chi connectivity index (χ0) is 15.9. The third-order valence-corrected chi connectivity index (χ3v) is 4.70. The fourth-order valence-corrected chi connectivity index (χ4v) is 3.17. The highest BCUT2D eigenvalue weighted by Gasteiger charge is 2.22. The zero-order valence-electron chi connectivity index (χ0n) is 11.7. The topological polar surface area (TPSA) is 74.7 Å². The van der Waals surface area contributed by atoms with E-state index >= 15 is 0 Å². The number of hydrogen-bond donors (Lipinski definition) is 1. The van der Waals surface area contributed by atoms with E-state index in [1.807, 2.05) is 0 Å². The van der Waals surface area contributed by atoms with Gasteiger partial charge in [-0.1, -0.05) is 24.3 Å². The van der Waals surface area contributed by atoms with Crippen molar-refractivity contribution in [2.45, 2.75) is 17.7 Å². The van der Waals surface area contributed by atoms with Crippen LogP contribution in [0.1, 0.15) is 12.0 Å². The van der Waals surface area contributed by atoms with E-state index in [2.05, 4.69) is 13.2 Å². The second kappa shape index (κ2) is 7.75. The summed E-state index contributed by atoms with van der Waals surface area (Å²) in [6.45, 7) is 7.50. The molecule has 1 rings (SSSR count). The lowest BCUT2D eigenvalue weighted by atomic mass is 10.1. The van der Waals surface area contributed by atoms with E-state index in [0.29, 0.717) is 6.42 Å². The van der Waals surface area contributed by atoms with Crippen molar-refractivity contribution < 1.29 is 18.3 Å². The molecular weight excluding hydrogens is 290 g/mol. The number of carboxylic acids is 1. The summed E-state index contributed by atoms with van der Waals surface area (Å²) < 4.78 is 26.1. The van der Waals surface area contributed by atoms with Crippen LogP contribution in [0.2, 0.25) is 0 Å². The Morgan fingerprint density at radius 1 is 1.14 bits per heavy atom. The van der Waals surface area contributed by atoms with Crippen molar-refractivity contribution in [3.05, 3.63) is 55.1 Å². The van der Waals surface area contributed by atoms with Crippen LogP contribution >= 0.6 is 0 Å². The van der Waals surface area contributed by atoms with Gasteiger partial charge in [-0.05, 0) is 24.1 Å². The minimum atomic E-state index is -3.60. The molecule has 1 N–H and O–H groups in total. The van der Waals surface area contributed by atoms with Gasteiger partial charge in [0.2, 0.25) is 10.0 Å². The fourth-order valence-electron chi connectivity index (χ4n) is 1.79. The van der Waals surface area contributed by atoms with Crippen LogP contribution in [0.25, 0.3) is 0 Å². The van der Waals surface area contributed by atoms with Gasteiger partial charge in [-0.3, -0.25) is 4.79 Å². The Morgan fingerprint density at radius 2 is 1.67 bits per heavy atom. The maximum atomic E-state index is 12.4. The number of nitrogens with zero attached hydrogens (tertiary/aromatic N) is 1. The lowest BCUT2D eigenvalue weighted by Crippen LogP contribution is -2.31. The molecule has 0 aliphatic carbocycles. The standard InChI is InChI=1S/C15H19NO4S/c1-3-11-16(12-4-2)21(19,20)14-8-5-13(6-9-14)7-10-15(17)18/h3-6,8-9H,1-2,7,10-12H2,(H,17,18). The average molecular weight is 309 g/mol. The average Bonchev–Trinajstić information content (AvgIpc) is 2.45. The molecule has 0 amide bonds. The van der Waals surface area contributed by atoms with E-state index in [9.17, 15) is 13.2 Å². The highest BCUT2D eigenvalue weighted by atomic mass is 32.2. The molecule has 1 aromatic carbocycles. The molecule has 5 nitrogen and oxygen atoms in total. The minimum absolute atomic E-state index is 0.0190. The summed E-state index contributed by atoms with van der Waals surface area (Å²) in [7, 11) is -3.60. The van der Waals surface area contributed by atoms with Crippen molar-refractivity contribution in [2.75, 3.05) is 13.1 Å². The predicted octanol–water partition coefficient (Wildman–Crippen LogP) is 2.07. The number of aliphatic carboxylic acids is 1. The number of benzene rings is 1. The van der Waals surface area contributed by atoms with Crippen molar-refractivity contribution in [1.82, 2.24) is 4.31 Å². The van der Waals surface area contributed by atoms with Crippen molar-refractivity contribution >= 4 is 16.0 Å². The minimum Gasteiger partial charge on any atom is -0.481 e. The lowest BCUT2D eigenvalue weighted by Gasteiger charge is -2.19. The molecule has 0 aliphatic rings. The van der Waals surface area contributed by atoms with E-state index in [0.717, 1.165) is 5.56 Å². The molecule has 0 saturated carbocycles. The Balaban J connectivity index is 2.94. The van der Waals surface area contributed by atoms with Gasteiger partial charge in [0.1, 0.15) is 0 Å². The first-order valence-corrected chi connectivity index (χ1v) is 7.88. The van der Waals surface area contributed by atoms with Gasteiger partial charge in [0.05, 0.1) is 4.90 Å². The Hall–Kier alpha value is -1.92. The van der Waals surface area contributed by atoms with Crippen LogP contribution < -0.4 is 0 Å². The number of hydrogen-bond acceptors (Lipinski definition) is 3. The van der Waals surface area contributed by atoms with E-state index in [4.69, 9.17) is 5.11 Å². The molecule has 1 aromatic rings. The third kappa shape index (κ3) is 4.84. The molecule has 0 fully saturated rings. The van der Waals surface area contributed by atoms with Gasteiger partial charge >= 0.3 is 5.97 Å². The van der Waals surface area contributed by atoms with Gasteiger partial charge < -0.3 is 5.11 Å². The Bertz CT molecular complexity index is 595. The maximum absolute atomic E-state index is 12.4. The van der Waals surface area contributed by atoms with Crippen molar-refractivity contribution in [3.63, 3.8) is 0 Å². The van der Waals surface area contributed by atoms with E-state index in [1.165, 1.54) is 28.6 Å². The van der Waals surface area contributed by atoms with Gasteiger partial charge in [0.15, 0.2) is 0 Å². The van der Waals surface area contributed by atoms with Crippen LogP contribution in [0, 0.1) is 0 Å². The van der Waals surface area contributed by atoms with Crippen LogP contribution in [0.15, 0.2) is 54.5 Å². The van der Waals surface area contributed by atoms with Crippen LogP contribution in [-0.2, 0) is 21.2 Å². The molecule has 0 atom stereocenters. The number of rotatable bonds is 9. The van der Waals surface area contributed by atoms with Gasteiger partial charge in [0.25, 0.3) is 0 Å². The van der Waals surface area contributed by atoms with E-state index in [-0.39, 0.29) is 24.4 Å². The molecule has 6 heteroatoms. The molecule has 0 heterocycles. The Labute approximate surface area is 125 Å². The fraction of sp³-hybridized carbons (Fsp3) is 0.267. The normalized spacial score (nSPS) is 11.3. The smallest absolute Gasteiger partial charge is 0.303 e. The third-order valence-electron chi connectivity index (χ3n) is 2.85. The second-order valence-electron chi connectivity index (χ2n) is 4.44. The van der Waals surface area contributed by atoms with Crippen LogP contribution in [-0.4, -0.2) is 36.9 Å². The molecular formula is C15H19NO4S. The van der Waals surface area contributed by atoms with Crippen LogP contribution in [0.4, 0.5) is 0 Å². The van der Waals surface area contributed by atoms with E-state index in [1.54, 1.807) is 12.1 Å². The summed E-state index contributed by atoms with van der Waals surface area (Å²) in [6, 6.07) is 6.25. The highest BCUT2D eigenvalue weighted by Crippen LogP contribution is 2.17. The zero-order valence-corrected chi connectivity index (χ0v) is 12.6. The summed E-state index contributed by atoms with van der Waals surface area (Å²) in [5.74, 6) is -0.880. The molecule has 0 bridgehead atoms. The maximum Gasteiger partial charge on any atom is 0.303 e. The molecule has 114 valence electrons. The molecule has 0 radical (unpaired) electrons. The van der Waals surface area contributed by atoms with Gasteiger partial charge in [0, 0.05) is 19.5 Å². The lowest BCUT2D eigenvalue weighted by molar-refractivity contribution is -0.136. The summed E-state index contributed by atoms with van der Waals surface area (Å²) in [5.41, 5.74) is 0.787.